The monoisotopic (exact) mass is 667 g/mol. The van der Waals surface area contributed by atoms with Gasteiger partial charge in [-0.25, -0.2) is 0 Å². The summed E-state index contributed by atoms with van der Waals surface area (Å²) < 4.78 is 0. The summed E-state index contributed by atoms with van der Waals surface area (Å²) in [5.41, 5.74) is 11.7. The minimum absolute atomic E-state index is 0.0151. The molecule has 1 amide bonds. The number of ketones is 3. The van der Waals surface area contributed by atoms with Crippen molar-refractivity contribution in [3.8, 4) is 0 Å². The van der Waals surface area contributed by atoms with Gasteiger partial charge < -0.3 is 27.0 Å². The molecule has 0 aromatic rings. The Balaban J connectivity index is 3.85. The highest BCUT2D eigenvalue weighted by Gasteiger charge is 2.22. The van der Waals surface area contributed by atoms with Crippen molar-refractivity contribution in [3.05, 3.63) is 0 Å². The van der Waals surface area contributed by atoms with Crippen molar-refractivity contribution >= 4 is 35.2 Å². The maximum atomic E-state index is 12.4. The second-order valence-electron chi connectivity index (χ2n) is 13.2. The van der Waals surface area contributed by atoms with Crippen LogP contribution >= 0.6 is 0 Å². The van der Waals surface area contributed by atoms with E-state index in [1.54, 1.807) is 0 Å². The number of carboxylic acid groups (broad SMARTS) is 2. The van der Waals surface area contributed by atoms with Crippen LogP contribution in [0.3, 0.4) is 0 Å². The van der Waals surface area contributed by atoms with E-state index in [9.17, 15) is 33.9 Å². The van der Waals surface area contributed by atoms with Crippen LogP contribution in [0, 0.1) is 5.92 Å². The lowest BCUT2D eigenvalue weighted by Gasteiger charge is -2.13. The molecule has 0 aliphatic heterocycles. The Morgan fingerprint density at radius 3 is 1.55 bits per heavy atom. The van der Waals surface area contributed by atoms with Gasteiger partial charge in [-0.3, -0.25) is 28.8 Å². The molecule has 0 aromatic carbocycles. The van der Waals surface area contributed by atoms with Gasteiger partial charge in [0.2, 0.25) is 5.91 Å². The van der Waals surface area contributed by atoms with Gasteiger partial charge >= 0.3 is 11.9 Å². The summed E-state index contributed by atoms with van der Waals surface area (Å²) in [5, 5.41) is 21.0. The molecule has 272 valence electrons. The fourth-order valence-corrected chi connectivity index (χ4v) is 5.56. The topological polar surface area (TPSA) is 207 Å². The number of nitrogens with two attached hydrogens (primary N) is 2. The Labute approximate surface area is 282 Å². The van der Waals surface area contributed by atoms with E-state index in [0.29, 0.717) is 45.1 Å². The molecular weight excluding hydrogens is 602 g/mol. The second kappa shape index (κ2) is 29.5. The van der Waals surface area contributed by atoms with Gasteiger partial charge in [-0.1, -0.05) is 77.0 Å². The number of carboxylic acids is 2. The maximum absolute atomic E-state index is 12.4. The van der Waals surface area contributed by atoms with Crippen molar-refractivity contribution in [2.24, 2.45) is 17.4 Å². The van der Waals surface area contributed by atoms with Crippen LogP contribution in [0.1, 0.15) is 167 Å². The summed E-state index contributed by atoms with van der Waals surface area (Å²) >= 11 is 0. The first-order chi connectivity index (χ1) is 22.4. The van der Waals surface area contributed by atoms with E-state index < -0.39 is 29.9 Å². The van der Waals surface area contributed by atoms with Crippen molar-refractivity contribution in [3.63, 3.8) is 0 Å². The minimum atomic E-state index is -1.05. The SMILES string of the molecule is CC(=O)[C@@H](N)CCCCCC(=O)[C@@H](N)CCCCNC(=O)CC[C@H](CC(=O)CCCCCCCCCCCCCCC(=O)O)C(=O)O. The van der Waals surface area contributed by atoms with E-state index in [1.165, 1.54) is 32.6 Å². The molecular formula is C36H65N3O8. The first-order valence-corrected chi connectivity index (χ1v) is 18.2. The Kier molecular flexibility index (Phi) is 27.8. The maximum Gasteiger partial charge on any atom is 0.306 e. The summed E-state index contributed by atoms with van der Waals surface area (Å²) in [6.45, 7) is 1.90. The average molecular weight is 668 g/mol. The molecule has 11 heteroatoms. The van der Waals surface area contributed by atoms with Crippen molar-refractivity contribution in [1.29, 1.82) is 0 Å². The molecule has 0 saturated heterocycles. The summed E-state index contributed by atoms with van der Waals surface area (Å²) in [6, 6.07) is -0.962. The van der Waals surface area contributed by atoms with Gasteiger partial charge in [0.05, 0.1) is 18.0 Å². The lowest BCUT2D eigenvalue weighted by molar-refractivity contribution is -0.144. The van der Waals surface area contributed by atoms with Crippen LogP contribution < -0.4 is 16.8 Å². The summed E-state index contributed by atoms with van der Waals surface area (Å²) in [7, 11) is 0. The number of unbranched alkanes of at least 4 members (excludes halogenated alkanes) is 14. The normalized spacial score (nSPS) is 13.1. The molecule has 0 fully saturated rings. The third-order valence-electron chi connectivity index (χ3n) is 8.78. The largest absolute Gasteiger partial charge is 0.481 e. The first-order valence-electron chi connectivity index (χ1n) is 18.2. The van der Waals surface area contributed by atoms with Crippen LogP contribution in [0.15, 0.2) is 0 Å². The predicted molar refractivity (Wildman–Crippen MR) is 184 cm³/mol. The van der Waals surface area contributed by atoms with Crippen molar-refractivity contribution in [1.82, 2.24) is 5.32 Å². The highest BCUT2D eigenvalue weighted by Crippen LogP contribution is 2.17. The summed E-state index contributed by atoms with van der Waals surface area (Å²) in [6.07, 6.45) is 18.7. The fourth-order valence-electron chi connectivity index (χ4n) is 5.56. The number of nitrogens with one attached hydrogen (secondary N) is 1. The molecule has 7 N–H and O–H groups in total. The Morgan fingerprint density at radius 1 is 0.553 bits per heavy atom. The second-order valence-corrected chi connectivity index (χ2v) is 13.2. The van der Waals surface area contributed by atoms with Crippen LogP contribution in [0.5, 0.6) is 0 Å². The Morgan fingerprint density at radius 2 is 1.02 bits per heavy atom. The van der Waals surface area contributed by atoms with Gasteiger partial charge in [-0.2, -0.15) is 0 Å². The third-order valence-corrected chi connectivity index (χ3v) is 8.78. The molecule has 0 heterocycles. The highest BCUT2D eigenvalue weighted by molar-refractivity contribution is 5.84. The first kappa shape index (κ1) is 44.3. The molecule has 0 spiro atoms. The van der Waals surface area contributed by atoms with E-state index in [4.69, 9.17) is 16.6 Å². The van der Waals surface area contributed by atoms with Gasteiger partial charge in [-0.05, 0) is 58.3 Å². The van der Waals surface area contributed by atoms with Crippen LogP contribution in [-0.4, -0.2) is 64.0 Å². The van der Waals surface area contributed by atoms with Gasteiger partial charge in [-0.15, -0.1) is 0 Å². The zero-order chi connectivity index (χ0) is 35.3. The molecule has 47 heavy (non-hydrogen) atoms. The molecule has 0 unspecified atom stereocenters. The standard InChI is InChI=1S/C36H65N3O8/c1-28(40)31(37)20-14-12-15-22-33(42)32(38)21-17-18-26-39-34(43)25-24-29(36(46)47)27-30(41)19-13-10-8-6-4-2-3-5-7-9-11-16-23-35(44)45/h29,31-32H,2-27,37-38H2,1H3,(H,39,43)(H,44,45)(H,46,47)/t29-,31+,32+/m1/s1. The smallest absolute Gasteiger partial charge is 0.306 e. The van der Waals surface area contributed by atoms with Gasteiger partial charge in [0, 0.05) is 38.6 Å². The van der Waals surface area contributed by atoms with Crippen molar-refractivity contribution in [2.45, 2.75) is 180 Å². The van der Waals surface area contributed by atoms with Crippen LogP contribution in [0.2, 0.25) is 0 Å². The number of hydrogen-bond donors (Lipinski definition) is 5. The number of aliphatic carboxylic acids is 2. The predicted octanol–water partition coefficient (Wildman–Crippen LogP) is 6.02. The Hall–Kier alpha value is -2.66. The van der Waals surface area contributed by atoms with Gasteiger partial charge in [0.15, 0.2) is 0 Å². The number of rotatable bonds is 34. The third kappa shape index (κ3) is 28.1. The van der Waals surface area contributed by atoms with E-state index >= 15 is 0 Å². The number of carbonyl (C=O) groups excluding carboxylic acids is 4. The van der Waals surface area contributed by atoms with E-state index in [0.717, 1.165) is 70.6 Å². The summed E-state index contributed by atoms with van der Waals surface area (Å²) in [4.78, 5) is 70.1. The minimum Gasteiger partial charge on any atom is -0.481 e. The van der Waals surface area contributed by atoms with Crippen molar-refractivity contribution < 1.29 is 39.0 Å². The molecule has 0 bridgehead atoms. The lowest BCUT2D eigenvalue weighted by Crippen LogP contribution is -2.31. The molecule has 0 aromatic heterocycles. The molecule has 0 rings (SSSR count). The molecule has 0 radical (unpaired) electrons. The van der Waals surface area contributed by atoms with E-state index in [1.807, 2.05) is 0 Å². The van der Waals surface area contributed by atoms with Crippen LogP contribution in [0.4, 0.5) is 0 Å². The number of Topliss-reactive ketones (excluding diaryl/α,β-unsaturated/α-hetero) is 3. The molecule has 0 saturated carbocycles. The van der Waals surface area contributed by atoms with E-state index in [2.05, 4.69) is 5.32 Å². The average Bonchev–Trinajstić information content (AvgIpc) is 3.02. The number of hydrogen-bond acceptors (Lipinski definition) is 8. The fraction of sp³-hybridized carbons (Fsp3) is 0.833. The lowest BCUT2D eigenvalue weighted by atomic mass is 9.94. The Bertz CT molecular complexity index is 911. The van der Waals surface area contributed by atoms with E-state index in [-0.39, 0.29) is 48.9 Å². The van der Waals surface area contributed by atoms with Crippen LogP contribution in [0.25, 0.3) is 0 Å². The van der Waals surface area contributed by atoms with Crippen LogP contribution in [-0.2, 0) is 28.8 Å². The quantitative estimate of drug-likeness (QED) is 0.0504. The van der Waals surface area contributed by atoms with Gasteiger partial charge in [0.1, 0.15) is 17.3 Å². The summed E-state index contributed by atoms with van der Waals surface area (Å²) in [5.74, 6) is -2.95. The zero-order valence-electron chi connectivity index (χ0n) is 29.1. The van der Waals surface area contributed by atoms with Crippen molar-refractivity contribution in [2.75, 3.05) is 6.54 Å². The molecule has 11 nitrogen and oxygen atoms in total. The van der Waals surface area contributed by atoms with Gasteiger partial charge in [0.25, 0.3) is 0 Å². The zero-order valence-corrected chi connectivity index (χ0v) is 29.1. The molecule has 0 aliphatic rings. The molecule has 3 atom stereocenters. The molecule has 0 aliphatic carbocycles. The highest BCUT2D eigenvalue weighted by atomic mass is 16.4. The number of carbonyl (C=O) groups is 6. The number of amides is 1.